The summed E-state index contributed by atoms with van der Waals surface area (Å²) in [5, 5.41) is 19.1. The van der Waals surface area contributed by atoms with Gasteiger partial charge in [0.05, 0.1) is 22.6 Å². The van der Waals surface area contributed by atoms with Gasteiger partial charge in [-0.2, -0.15) is 9.57 Å². The molecule has 1 aliphatic heterocycles. The number of hydrogen-bond acceptors (Lipinski definition) is 4. The van der Waals surface area contributed by atoms with Crippen LogP contribution in [0.5, 0.6) is 0 Å². The van der Waals surface area contributed by atoms with Gasteiger partial charge in [-0.15, -0.1) is 0 Å². The standard InChI is InChI=1S/C17H15FN2O3S/c18-14-6-3-5-12(8-14)16-9-15(21)11-20(16)24(22,23)17-7-2-1-4-13(17)10-19/h1-8,15-16,21H,9,11H2/t15-,16+/m0/s1. The highest BCUT2D eigenvalue weighted by Crippen LogP contribution is 2.37. The van der Waals surface area contributed by atoms with E-state index in [0.717, 1.165) is 4.31 Å². The molecule has 0 radical (unpaired) electrons. The molecule has 1 saturated heterocycles. The zero-order valence-corrected chi connectivity index (χ0v) is 13.4. The molecule has 5 nitrogen and oxygen atoms in total. The van der Waals surface area contributed by atoms with E-state index in [-0.39, 0.29) is 23.4 Å². The van der Waals surface area contributed by atoms with Crippen molar-refractivity contribution in [1.29, 1.82) is 5.26 Å². The SMILES string of the molecule is N#Cc1ccccc1S(=O)(=O)N1C[C@@H](O)C[C@@H]1c1cccc(F)c1. The van der Waals surface area contributed by atoms with Gasteiger partial charge in [0.2, 0.25) is 10.0 Å². The van der Waals surface area contributed by atoms with Gasteiger partial charge >= 0.3 is 0 Å². The lowest BCUT2D eigenvalue weighted by atomic mass is 10.0. The number of halogens is 1. The molecule has 2 atom stereocenters. The highest BCUT2D eigenvalue weighted by Gasteiger charge is 2.41. The van der Waals surface area contributed by atoms with Crippen LogP contribution in [0.4, 0.5) is 4.39 Å². The molecular formula is C17H15FN2O3S. The Labute approximate surface area is 139 Å². The van der Waals surface area contributed by atoms with E-state index in [1.165, 1.54) is 36.4 Å². The highest BCUT2D eigenvalue weighted by atomic mass is 32.2. The number of aliphatic hydroxyl groups is 1. The maximum absolute atomic E-state index is 13.5. The summed E-state index contributed by atoms with van der Waals surface area (Å²) < 4.78 is 40.6. The van der Waals surface area contributed by atoms with Crippen molar-refractivity contribution in [2.24, 2.45) is 0 Å². The molecule has 0 saturated carbocycles. The maximum Gasteiger partial charge on any atom is 0.245 e. The number of rotatable bonds is 3. The van der Waals surface area contributed by atoms with Gasteiger partial charge in [-0.05, 0) is 36.2 Å². The van der Waals surface area contributed by atoms with E-state index in [1.54, 1.807) is 12.1 Å². The van der Waals surface area contributed by atoms with Crippen molar-refractivity contribution >= 4 is 10.0 Å². The van der Waals surface area contributed by atoms with Crippen molar-refractivity contribution in [1.82, 2.24) is 4.31 Å². The van der Waals surface area contributed by atoms with E-state index in [9.17, 15) is 17.9 Å². The second-order valence-corrected chi connectivity index (χ2v) is 7.50. The summed E-state index contributed by atoms with van der Waals surface area (Å²) in [5.41, 5.74) is 0.515. The van der Waals surface area contributed by atoms with Crippen LogP contribution < -0.4 is 0 Å². The molecule has 1 aliphatic rings. The fraction of sp³-hybridized carbons (Fsp3) is 0.235. The topological polar surface area (TPSA) is 81.4 Å². The third-order valence-corrected chi connectivity index (χ3v) is 5.99. The molecule has 0 aromatic heterocycles. The molecule has 1 fully saturated rings. The van der Waals surface area contributed by atoms with Crippen molar-refractivity contribution in [3.8, 4) is 6.07 Å². The Hall–Kier alpha value is -2.27. The van der Waals surface area contributed by atoms with Crippen LogP contribution in [-0.2, 0) is 10.0 Å². The van der Waals surface area contributed by atoms with Crippen LogP contribution in [0, 0.1) is 17.1 Å². The van der Waals surface area contributed by atoms with Crippen molar-refractivity contribution in [3.05, 3.63) is 65.5 Å². The number of nitriles is 1. The van der Waals surface area contributed by atoms with Crippen LogP contribution in [0.1, 0.15) is 23.6 Å². The zero-order chi connectivity index (χ0) is 17.3. The van der Waals surface area contributed by atoms with Crippen LogP contribution >= 0.6 is 0 Å². The van der Waals surface area contributed by atoms with Crippen LogP contribution in [0.3, 0.4) is 0 Å². The summed E-state index contributed by atoms with van der Waals surface area (Å²) in [6, 6.07) is 12.8. The number of β-amino-alcohol motifs (C(OH)–C–C–N with tert-alkyl or cyclic N) is 1. The predicted octanol–water partition coefficient (Wildman–Crippen LogP) is 2.19. The first kappa shape index (κ1) is 16.6. The number of hydrogen-bond donors (Lipinski definition) is 1. The minimum absolute atomic E-state index is 0.0388. The molecular weight excluding hydrogens is 331 g/mol. The third kappa shape index (κ3) is 2.91. The van der Waals surface area contributed by atoms with Gasteiger partial charge < -0.3 is 5.11 Å². The predicted molar refractivity (Wildman–Crippen MR) is 84.8 cm³/mol. The summed E-state index contributed by atoms with van der Waals surface area (Å²) in [5.74, 6) is -0.469. The molecule has 2 aromatic rings. The maximum atomic E-state index is 13.5. The van der Waals surface area contributed by atoms with Crippen molar-refractivity contribution in [2.75, 3.05) is 6.54 Å². The minimum atomic E-state index is -4.00. The van der Waals surface area contributed by atoms with Crippen molar-refractivity contribution in [3.63, 3.8) is 0 Å². The van der Waals surface area contributed by atoms with Crippen LogP contribution in [0.2, 0.25) is 0 Å². The monoisotopic (exact) mass is 346 g/mol. The van der Waals surface area contributed by atoms with Gasteiger partial charge in [0, 0.05) is 6.54 Å². The molecule has 24 heavy (non-hydrogen) atoms. The molecule has 0 unspecified atom stereocenters. The Morgan fingerprint density at radius 3 is 2.67 bits per heavy atom. The van der Waals surface area contributed by atoms with E-state index in [2.05, 4.69) is 0 Å². The summed E-state index contributed by atoms with van der Waals surface area (Å²) in [7, 11) is -4.00. The van der Waals surface area contributed by atoms with Gasteiger partial charge in [-0.1, -0.05) is 24.3 Å². The lowest BCUT2D eigenvalue weighted by Crippen LogP contribution is -2.32. The Morgan fingerprint density at radius 2 is 1.96 bits per heavy atom. The fourth-order valence-electron chi connectivity index (χ4n) is 2.98. The fourth-order valence-corrected chi connectivity index (χ4v) is 4.78. The Balaban J connectivity index is 2.07. The zero-order valence-electron chi connectivity index (χ0n) is 12.6. The van der Waals surface area contributed by atoms with Gasteiger partial charge in [0.25, 0.3) is 0 Å². The molecule has 0 amide bonds. The Morgan fingerprint density at radius 1 is 1.21 bits per heavy atom. The first-order valence-corrected chi connectivity index (χ1v) is 8.82. The number of sulfonamides is 1. The third-order valence-electron chi connectivity index (χ3n) is 4.06. The lowest BCUT2D eigenvalue weighted by Gasteiger charge is -2.24. The number of benzene rings is 2. The minimum Gasteiger partial charge on any atom is -0.392 e. The first-order valence-electron chi connectivity index (χ1n) is 7.38. The molecule has 3 rings (SSSR count). The summed E-state index contributed by atoms with van der Waals surface area (Å²) in [6.07, 6.45) is -0.667. The van der Waals surface area contributed by atoms with Crippen LogP contribution in [-0.4, -0.2) is 30.5 Å². The quantitative estimate of drug-likeness (QED) is 0.924. The molecule has 0 bridgehead atoms. The van der Waals surface area contributed by atoms with Crippen molar-refractivity contribution in [2.45, 2.75) is 23.5 Å². The average molecular weight is 346 g/mol. The first-order chi connectivity index (χ1) is 11.4. The second-order valence-electron chi connectivity index (χ2n) is 5.64. The largest absolute Gasteiger partial charge is 0.392 e. The summed E-state index contributed by atoms with van der Waals surface area (Å²) in [4.78, 5) is -0.108. The normalized spacial score (nSPS) is 21.5. The average Bonchev–Trinajstić information content (AvgIpc) is 2.97. The second kappa shape index (κ2) is 6.32. The van der Waals surface area contributed by atoms with E-state index in [0.29, 0.717) is 5.56 Å². The van der Waals surface area contributed by atoms with Crippen molar-refractivity contribution < 1.29 is 17.9 Å². The molecule has 7 heteroatoms. The molecule has 0 spiro atoms. The summed E-state index contributed by atoms with van der Waals surface area (Å²) in [6.45, 7) is -0.0940. The molecule has 2 aromatic carbocycles. The van der Waals surface area contributed by atoms with E-state index < -0.39 is 28.0 Å². The lowest BCUT2D eigenvalue weighted by molar-refractivity contribution is 0.188. The number of nitrogens with zero attached hydrogens (tertiary/aromatic N) is 2. The molecule has 1 heterocycles. The van der Waals surface area contributed by atoms with Gasteiger partial charge in [-0.3, -0.25) is 0 Å². The van der Waals surface area contributed by atoms with E-state index >= 15 is 0 Å². The van der Waals surface area contributed by atoms with Gasteiger partial charge in [-0.25, -0.2) is 12.8 Å². The highest BCUT2D eigenvalue weighted by molar-refractivity contribution is 7.89. The summed E-state index contributed by atoms with van der Waals surface area (Å²) >= 11 is 0. The van der Waals surface area contributed by atoms with Crippen LogP contribution in [0.15, 0.2) is 53.4 Å². The molecule has 0 aliphatic carbocycles. The Bertz CT molecular complexity index is 908. The van der Waals surface area contributed by atoms with Gasteiger partial charge in [0.15, 0.2) is 0 Å². The molecule has 1 N–H and O–H groups in total. The number of aliphatic hydroxyl groups excluding tert-OH is 1. The van der Waals surface area contributed by atoms with E-state index in [1.807, 2.05) is 6.07 Å². The van der Waals surface area contributed by atoms with Gasteiger partial charge in [0.1, 0.15) is 11.9 Å². The van der Waals surface area contributed by atoms with E-state index in [4.69, 9.17) is 5.26 Å². The smallest absolute Gasteiger partial charge is 0.245 e. The Kier molecular flexibility index (Phi) is 4.37. The van der Waals surface area contributed by atoms with Crippen LogP contribution in [0.25, 0.3) is 0 Å². The molecule has 124 valence electrons.